The molecule has 0 bridgehead atoms. The Kier molecular flexibility index (Phi) is 2.51. The molecule has 0 saturated carbocycles. The summed E-state index contributed by atoms with van der Waals surface area (Å²) < 4.78 is 5.12. The van der Waals surface area contributed by atoms with Gasteiger partial charge in [0, 0.05) is 17.3 Å². The molecule has 72 valence electrons. The van der Waals surface area contributed by atoms with Crippen LogP contribution in [0.3, 0.4) is 0 Å². The molecule has 0 amide bonds. The fourth-order valence-electron chi connectivity index (χ4n) is 1.73. The Morgan fingerprint density at radius 2 is 2.46 bits per heavy atom. The average Bonchev–Trinajstić information content (AvgIpc) is 2.72. The zero-order valence-electron chi connectivity index (χ0n) is 7.96. The SMILES string of the molecule is COc1nc(C)c(C2CCNC2)s1. The number of rotatable bonds is 2. The van der Waals surface area contributed by atoms with Crippen LogP contribution in [0.25, 0.3) is 0 Å². The molecule has 1 saturated heterocycles. The van der Waals surface area contributed by atoms with Crippen molar-refractivity contribution in [2.24, 2.45) is 0 Å². The molecule has 1 aromatic rings. The third-order valence-corrected chi connectivity index (χ3v) is 3.70. The van der Waals surface area contributed by atoms with Crippen LogP contribution < -0.4 is 10.1 Å². The van der Waals surface area contributed by atoms with Crippen LogP contribution in [0.15, 0.2) is 0 Å². The first-order chi connectivity index (χ1) is 6.31. The zero-order valence-corrected chi connectivity index (χ0v) is 8.78. The number of hydrogen-bond donors (Lipinski definition) is 1. The molecule has 1 aliphatic rings. The number of aryl methyl sites for hydroxylation is 1. The summed E-state index contributed by atoms with van der Waals surface area (Å²) in [7, 11) is 1.68. The normalized spacial score (nSPS) is 22.2. The van der Waals surface area contributed by atoms with Gasteiger partial charge in [-0.15, -0.1) is 0 Å². The summed E-state index contributed by atoms with van der Waals surface area (Å²) in [6.07, 6.45) is 1.23. The fourth-order valence-corrected chi connectivity index (χ4v) is 2.74. The fraction of sp³-hybridized carbons (Fsp3) is 0.667. The summed E-state index contributed by atoms with van der Waals surface area (Å²) in [5.74, 6) is 0.654. The minimum atomic E-state index is 0.654. The molecule has 1 aromatic heterocycles. The molecule has 1 fully saturated rings. The minimum absolute atomic E-state index is 0.654. The predicted octanol–water partition coefficient (Wildman–Crippen LogP) is 1.54. The van der Waals surface area contributed by atoms with E-state index in [1.807, 2.05) is 0 Å². The van der Waals surface area contributed by atoms with Crippen LogP contribution >= 0.6 is 11.3 Å². The third kappa shape index (κ3) is 1.69. The molecule has 1 atom stereocenters. The molecule has 2 rings (SSSR count). The highest BCUT2D eigenvalue weighted by Gasteiger charge is 2.21. The Morgan fingerprint density at radius 1 is 1.62 bits per heavy atom. The standard InChI is InChI=1S/C9H14N2OS/c1-6-8(7-3-4-10-5-7)13-9(11-6)12-2/h7,10H,3-5H2,1-2H3. The predicted molar refractivity (Wildman–Crippen MR) is 53.6 cm³/mol. The first kappa shape index (κ1) is 8.97. The summed E-state index contributed by atoms with van der Waals surface area (Å²) >= 11 is 1.68. The van der Waals surface area contributed by atoms with E-state index in [0.29, 0.717) is 5.92 Å². The first-order valence-electron chi connectivity index (χ1n) is 4.53. The van der Waals surface area contributed by atoms with E-state index in [1.54, 1.807) is 18.4 Å². The van der Waals surface area contributed by atoms with Crippen molar-refractivity contribution >= 4 is 11.3 Å². The number of thiazole rings is 1. The van der Waals surface area contributed by atoms with Gasteiger partial charge in [0.1, 0.15) is 0 Å². The van der Waals surface area contributed by atoms with Crippen molar-refractivity contribution in [3.63, 3.8) is 0 Å². The lowest BCUT2D eigenvalue weighted by atomic mass is 10.1. The quantitative estimate of drug-likeness (QED) is 0.782. The molecule has 0 spiro atoms. The summed E-state index contributed by atoms with van der Waals surface area (Å²) in [5, 5.41) is 4.15. The van der Waals surface area contributed by atoms with E-state index >= 15 is 0 Å². The van der Waals surface area contributed by atoms with Gasteiger partial charge in [0.15, 0.2) is 0 Å². The number of methoxy groups -OCH3 is 1. The van der Waals surface area contributed by atoms with Crippen LogP contribution in [0.2, 0.25) is 0 Å². The summed E-state index contributed by atoms with van der Waals surface area (Å²) in [6, 6.07) is 0. The zero-order chi connectivity index (χ0) is 9.26. The Hall–Kier alpha value is -0.610. The van der Waals surface area contributed by atoms with Gasteiger partial charge in [-0.25, -0.2) is 4.98 Å². The maximum Gasteiger partial charge on any atom is 0.273 e. The van der Waals surface area contributed by atoms with E-state index < -0.39 is 0 Å². The van der Waals surface area contributed by atoms with Gasteiger partial charge in [-0.2, -0.15) is 0 Å². The number of nitrogens with one attached hydrogen (secondary N) is 1. The third-order valence-electron chi connectivity index (χ3n) is 2.42. The average molecular weight is 198 g/mol. The summed E-state index contributed by atoms with van der Waals surface area (Å²) in [4.78, 5) is 5.73. The van der Waals surface area contributed by atoms with E-state index in [-0.39, 0.29) is 0 Å². The molecule has 1 aliphatic heterocycles. The van der Waals surface area contributed by atoms with Crippen molar-refractivity contribution < 1.29 is 4.74 Å². The van der Waals surface area contributed by atoms with E-state index in [4.69, 9.17) is 4.74 Å². The molecule has 0 aliphatic carbocycles. The van der Waals surface area contributed by atoms with Crippen molar-refractivity contribution in [2.45, 2.75) is 19.3 Å². The second-order valence-electron chi connectivity index (χ2n) is 3.32. The highest BCUT2D eigenvalue weighted by Crippen LogP contribution is 2.33. The number of hydrogen-bond acceptors (Lipinski definition) is 4. The smallest absolute Gasteiger partial charge is 0.273 e. The van der Waals surface area contributed by atoms with Crippen molar-refractivity contribution in [1.29, 1.82) is 0 Å². The molecule has 1 N–H and O–H groups in total. The molecule has 4 heteroatoms. The van der Waals surface area contributed by atoms with Gasteiger partial charge in [-0.1, -0.05) is 11.3 Å². The van der Waals surface area contributed by atoms with Crippen molar-refractivity contribution in [3.05, 3.63) is 10.6 Å². The van der Waals surface area contributed by atoms with Gasteiger partial charge < -0.3 is 10.1 Å². The van der Waals surface area contributed by atoms with Crippen LogP contribution in [0.4, 0.5) is 0 Å². The van der Waals surface area contributed by atoms with E-state index in [0.717, 1.165) is 24.0 Å². The molecule has 2 heterocycles. The van der Waals surface area contributed by atoms with Gasteiger partial charge in [0.05, 0.1) is 12.8 Å². The van der Waals surface area contributed by atoms with Crippen LogP contribution in [0.1, 0.15) is 22.9 Å². The monoisotopic (exact) mass is 198 g/mol. The molecular formula is C9H14N2OS. The van der Waals surface area contributed by atoms with Crippen LogP contribution in [-0.4, -0.2) is 25.2 Å². The van der Waals surface area contributed by atoms with Crippen LogP contribution in [-0.2, 0) is 0 Å². The van der Waals surface area contributed by atoms with Gasteiger partial charge >= 0.3 is 0 Å². The maximum atomic E-state index is 5.12. The largest absolute Gasteiger partial charge is 0.473 e. The van der Waals surface area contributed by atoms with Crippen molar-refractivity contribution in [2.75, 3.05) is 20.2 Å². The van der Waals surface area contributed by atoms with E-state index in [9.17, 15) is 0 Å². The summed E-state index contributed by atoms with van der Waals surface area (Å²) in [6.45, 7) is 4.28. The van der Waals surface area contributed by atoms with Crippen molar-refractivity contribution in [3.8, 4) is 5.19 Å². The Balaban J connectivity index is 2.22. The number of ether oxygens (including phenoxy) is 1. The molecule has 1 unspecified atom stereocenters. The molecule has 3 nitrogen and oxygen atoms in total. The van der Waals surface area contributed by atoms with Gasteiger partial charge in [0.25, 0.3) is 5.19 Å². The lowest BCUT2D eigenvalue weighted by Crippen LogP contribution is -2.07. The number of nitrogens with zero attached hydrogens (tertiary/aromatic N) is 1. The lowest BCUT2D eigenvalue weighted by molar-refractivity contribution is 0.411. The van der Waals surface area contributed by atoms with Crippen molar-refractivity contribution in [1.82, 2.24) is 10.3 Å². The van der Waals surface area contributed by atoms with Crippen LogP contribution in [0.5, 0.6) is 5.19 Å². The summed E-state index contributed by atoms with van der Waals surface area (Å²) in [5.41, 5.74) is 1.13. The van der Waals surface area contributed by atoms with E-state index in [1.165, 1.54) is 11.3 Å². The topological polar surface area (TPSA) is 34.1 Å². The van der Waals surface area contributed by atoms with Gasteiger partial charge in [-0.3, -0.25) is 0 Å². The molecule has 13 heavy (non-hydrogen) atoms. The molecule has 0 aromatic carbocycles. The maximum absolute atomic E-state index is 5.12. The van der Waals surface area contributed by atoms with E-state index in [2.05, 4.69) is 17.2 Å². The molecular weight excluding hydrogens is 184 g/mol. The van der Waals surface area contributed by atoms with Gasteiger partial charge in [-0.05, 0) is 19.9 Å². The Labute approximate surface area is 82.1 Å². The molecule has 0 radical (unpaired) electrons. The Morgan fingerprint density at radius 3 is 3.00 bits per heavy atom. The lowest BCUT2D eigenvalue weighted by Gasteiger charge is -2.04. The minimum Gasteiger partial charge on any atom is -0.473 e. The highest BCUT2D eigenvalue weighted by molar-refractivity contribution is 7.13. The first-order valence-corrected chi connectivity index (χ1v) is 5.35. The highest BCUT2D eigenvalue weighted by atomic mass is 32.1. The number of aromatic nitrogens is 1. The van der Waals surface area contributed by atoms with Gasteiger partial charge in [0.2, 0.25) is 0 Å². The second-order valence-corrected chi connectivity index (χ2v) is 4.32. The van der Waals surface area contributed by atoms with Crippen LogP contribution in [0, 0.1) is 6.92 Å². The second kappa shape index (κ2) is 3.64. The Bertz CT molecular complexity index is 292.